The third-order valence-corrected chi connectivity index (χ3v) is 6.33. The Morgan fingerprint density at radius 2 is 2.00 bits per heavy atom. The van der Waals surface area contributed by atoms with E-state index in [1.165, 1.54) is 11.1 Å². The molecule has 2 amide bonds. The number of hydrogen-bond donors (Lipinski definition) is 3. The number of nitrogens with one attached hydrogen (secondary N) is 2. The zero-order valence-electron chi connectivity index (χ0n) is 17.3. The summed E-state index contributed by atoms with van der Waals surface area (Å²) in [4.78, 5) is 18.7. The van der Waals surface area contributed by atoms with Gasteiger partial charge in [0.05, 0.1) is 37.0 Å². The summed E-state index contributed by atoms with van der Waals surface area (Å²) in [5, 5.41) is 17.4. The number of urea groups is 1. The first-order valence-corrected chi connectivity index (χ1v) is 10.8. The summed E-state index contributed by atoms with van der Waals surface area (Å²) in [6.07, 6.45) is 5.48. The maximum Gasteiger partial charge on any atom is 0.322 e. The van der Waals surface area contributed by atoms with E-state index in [2.05, 4.69) is 32.3 Å². The van der Waals surface area contributed by atoms with Crippen LogP contribution in [0.15, 0.2) is 67.1 Å². The van der Waals surface area contributed by atoms with E-state index in [9.17, 15) is 9.90 Å². The SMILES string of the molecule is O=C(Nc1ccccc1)N1CCCC(C(O)CC2c3ccccc3-c3cncn32)NC1. The lowest BCUT2D eigenvalue weighted by molar-refractivity contribution is 0.103. The van der Waals surface area contributed by atoms with E-state index in [1.54, 1.807) is 4.90 Å². The number of hydrogen-bond acceptors (Lipinski definition) is 4. The van der Waals surface area contributed by atoms with Gasteiger partial charge in [0.2, 0.25) is 0 Å². The topological polar surface area (TPSA) is 82.4 Å². The number of aliphatic hydroxyl groups excluding tert-OH is 1. The Morgan fingerprint density at radius 3 is 2.87 bits per heavy atom. The number of aromatic nitrogens is 2. The van der Waals surface area contributed by atoms with Crippen molar-refractivity contribution in [2.45, 2.75) is 37.5 Å². The highest BCUT2D eigenvalue weighted by molar-refractivity contribution is 5.89. The summed E-state index contributed by atoms with van der Waals surface area (Å²) in [6, 6.07) is 17.7. The van der Waals surface area contributed by atoms with Gasteiger partial charge in [-0.15, -0.1) is 0 Å². The molecule has 2 aliphatic rings. The predicted octanol–water partition coefficient (Wildman–Crippen LogP) is 3.45. The van der Waals surface area contributed by atoms with Crippen LogP contribution in [0.25, 0.3) is 11.3 Å². The molecule has 3 atom stereocenters. The van der Waals surface area contributed by atoms with Crippen molar-refractivity contribution in [2.75, 3.05) is 18.5 Å². The molecule has 7 heteroatoms. The molecule has 0 aliphatic carbocycles. The molecule has 0 radical (unpaired) electrons. The Balaban J connectivity index is 1.22. The van der Waals surface area contributed by atoms with Crippen LogP contribution in [0.2, 0.25) is 0 Å². The Bertz CT molecular complexity index is 1050. The molecule has 2 aromatic carbocycles. The number of rotatable bonds is 4. The molecule has 0 spiro atoms. The predicted molar refractivity (Wildman–Crippen MR) is 120 cm³/mol. The summed E-state index contributed by atoms with van der Waals surface area (Å²) in [5.41, 5.74) is 4.31. The fraction of sp³-hybridized carbons (Fsp3) is 0.333. The first-order valence-electron chi connectivity index (χ1n) is 10.8. The van der Waals surface area contributed by atoms with E-state index >= 15 is 0 Å². The molecule has 31 heavy (non-hydrogen) atoms. The van der Waals surface area contributed by atoms with Gasteiger partial charge in [-0.25, -0.2) is 9.78 Å². The summed E-state index contributed by atoms with van der Waals surface area (Å²) in [5.74, 6) is 0. The van der Waals surface area contributed by atoms with Crippen molar-refractivity contribution in [1.29, 1.82) is 0 Å². The van der Waals surface area contributed by atoms with Gasteiger partial charge in [-0.2, -0.15) is 0 Å². The molecule has 3 aromatic rings. The van der Waals surface area contributed by atoms with Crippen LogP contribution >= 0.6 is 0 Å². The molecule has 0 saturated carbocycles. The highest BCUT2D eigenvalue weighted by Gasteiger charge is 2.33. The van der Waals surface area contributed by atoms with Gasteiger partial charge in [0, 0.05) is 23.8 Å². The molecular weight excluding hydrogens is 390 g/mol. The van der Waals surface area contributed by atoms with Crippen LogP contribution in [0, 0.1) is 0 Å². The Hall–Kier alpha value is -3.16. The van der Waals surface area contributed by atoms with Gasteiger partial charge >= 0.3 is 6.03 Å². The second-order valence-electron chi connectivity index (χ2n) is 8.26. The Morgan fingerprint density at radius 1 is 1.19 bits per heavy atom. The fourth-order valence-electron chi connectivity index (χ4n) is 4.70. The molecule has 3 unspecified atom stereocenters. The molecule has 160 valence electrons. The van der Waals surface area contributed by atoms with Crippen molar-refractivity contribution in [2.24, 2.45) is 0 Å². The first-order chi connectivity index (χ1) is 15.2. The van der Waals surface area contributed by atoms with E-state index in [4.69, 9.17) is 0 Å². The fourth-order valence-corrected chi connectivity index (χ4v) is 4.70. The number of carbonyl (C=O) groups excluding carboxylic acids is 1. The number of amides is 2. The molecule has 1 saturated heterocycles. The number of imidazole rings is 1. The van der Waals surface area contributed by atoms with E-state index in [0.717, 1.165) is 24.2 Å². The number of para-hydroxylation sites is 1. The van der Waals surface area contributed by atoms with Gasteiger partial charge < -0.3 is 19.9 Å². The van der Waals surface area contributed by atoms with Gasteiger partial charge in [0.25, 0.3) is 0 Å². The summed E-state index contributed by atoms with van der Waals surface area (Å²) in [6.45, 7) is 1.07. The van der Waals surface area contributed by atoms with E-state index in [1.807, 2.05) is 55.0 Å². The largest absolute Gasteiger partial charge is 0.391 e. The van der Waals surface area contributed by atoms with Gasteiger partial charge in [-0.3, -0.25) is 5.32 Å². The first kappa shape index (κ1) is 19.8. The van der Waals surface area contributed by atoms with Crippen molar-refractivity contribution in [1.82, 2.24) is 19.8 Å². The smallest absolute Gasteiger partial charge is 0.322 e. The monoisotopic (exact) mass is 417 g/mol. The third-order valence-electron chi connectivity index (χ3n) is 6.33. The molecular formula is C24H27N5O2. The number of benzene rings is 2. The molecule has 3 heterocycles. The van der Waals surface area contributed by atoms with Crippen LogP contribution in [-0.4, -0.2) is 50.9 Å². The lowest BCUT2D eigenvalue weighted by atomic mass is 9.94. The quantitative estimate of drug-likeness (QED) is 0.607. The molecule has 2 aliphatic heterocycles. The minimum Gasteiger partial charge on any atom is -0.391 e. The zero-order valence-corrected chi connectivity index (χ0v) is 17.3. The lowest BCUT2D eigenvalue weighted by Crippen LogP contribution is -2.46. The number of nitrogens with zero attached hydrogens (tertiary/aromatic N) is 3. The van der Waals surface area contributed by atoms with Gasteiger partial charge in [-0.1, -0.05) is 42.5 Å². The average molecular weight is 418 g/mol. The van der Waals surface area contributed by atoms with Gasteiger partial charge in [-0.05, 0) is 37.0 Å². The highest BCUT2D eigenvalue weighted by Crippen LogP contribution is 2.41. The van der Waals surface area contributed by atoms with E-state index in [0.29, 0.717) is 19.6 Å². The van der Waals surface area contributed by atoms with E-state index < -0.39 is 6.10 Å². The second kappa shape index (κ2) is 8.53. The van der Waals surface area contributed by atoms with Crippen LogP contribution in [0.1, 0.15) is 30.9 Å². The molecule has 3 N–H and O–H groups in total. The molecule has 1 fully saturated rings. The summed E-state index contributed by atoms with van der Waals surface area (Å²) < 4.78 is 2.16. The van der Waals surface area contributed by atoms with Crippen LogP contribution in [0.5, 0.6) is 0 Å². The maximum absolute atomic E-state index is 12.6. The number of aliphatic hydroxyl groups is 1. The number of anilines is 1. The number of fused-ring (bicyclic) bond motifs is 3. The van der Waals surface area contributed by atoms with Crippen molar-refractivity contribution in [3.63, 3.8) is 0 Å². The molecule has 5 rings (SSSR count). The van der Waals surface area contributed by atoms with Gasteiger partial charge in [0.1, 0.15) is 0 Å². The zero-order chi connectivity index (χ0) is 21.2. The van der Waals surface area contributed by atoms with Crippen molar-refractivity contribution < 1.29 is 9.90 Å². The Kier molecular flexibility index (Phi) is 5.44. The lowest BCUT2D eigenvalue weighted by Gasteiger charge is -2.27. The minimum absolute atomic E-state index is 0.0609. The van der Waals surface area contributed by atoms with Gasteiger partial charge in [0.15, 0.2) is 0 Å². The normalized spacial score (nSPS) is 21.1. The van der Waals surface area contributed by atoms with Crippen molar-refractivity contribution in [3.05, 3.63) is 72.7 Å². The summed E-state index contributed by atoms with van der Waals surface area (Å²) in [7, 11) is 0. The minimum atomic E-state index is -0.524. The van der Waals surface area contributed by atoms with E-state index in [-0.39, 0.29) is 18.1 Å². The van der Waals surface area contributed by atoms with Crippen LogP contribution < -0.4 is 10.6 Å². The van der Waals surface area contributed by atoms with Crippen molar-refractivity contribution in [3.8, 4) is 11.3 Å². The number of carbonyl (C=O) groups is 1. The molecule has 7 nitrogen and oxygen atoms in total. The molecule has 1 aromatic heterocycles. The maximum atomic E-state index is 12.6. The third kappa shape index (κ3) is 3.94. The molecule has 0 bridgehead atoms. The van der Waals surface area contributed by atoms with Crippen LogP contribution in [0.4, 0.5) is 10.5 Å². The second-order valence-corrected chi connectivity index (χ2v) is 8.26. The Labute approximate surface area is 181 Å². The van der Waals surface area contributed by atoms with Crippen LogP contribution in [0.3, 0.4) is 0 Å². The average Bonchev–Trinajstić information content (AvgIpc) is 3.27. The summed E-state index contributed by atoms with van der Waals surface area (Å²) >= 11 is 0. The standard InChI is InChI=1S/C24H27N5O2/c30-23(13-21-18-9-4-5-10-19(18)22-14-25-15-29(21)22)20-11-6-12-28(16-26-20)24(31)27-17-7-2-1-3-8-17/h1-5,7-10,14-15,20-21,23,26,30H,6,11-13,16H2,(H,27,31). The van der Waals surface area contributed by atoms with Crippen LogP contribution in [-0.2, 0) is 0 Å². The highest BCUT2D eigenvalue weighted by atomic mass is 16.3. The van der Waals surface area contributed by atoms with Crippen molar-refractivity contribution >= 4 is 11.7 Å².